The Morgan fingerprint density at radius 3 is 2.30 bits per heavy atom. The van der Waals surface area contributed by atoms with Crippen molar-refractivity contribution in [2.24, 2.45) is 0 Å². The lowest BCUT2D eigenvalue weighted by molar-refractivity contribution is 0.416. The molecule has 6 heteroatoms. The van der Waals surface area contributed by atoms with Crippen molar-refractivity contribution in [3.05, 3.63) is 12.7 Å². The molecule has 0 aliphatic carbocycles. The minimum atomic E-state index is -4.44. The fourth-order valence-corrected chi connectivity index (χ4v) is 0.684. The number of nitrogens with zero attached hydrogens (tertiary/aromatic N) is 1. The van der Waals surface area contributed by atoms with Gasteiger partial charge < -0.3 is 0 Å². The fraction of sp³-hybridized carbons (Fsp3) is 0.250. The smallest absolute Gasteiger partial charge is 0.269 e. The Labute approximate surface area is 58.8 Å². The highest BCUT2D eigenvalue weighted by molar-refractivity contribution is 7.83. The average Bonchev–Trinajstić information content (AvgIpc) is 1.80. The zero-order chi connectivity index (χ0) is 8.20. The van der Waals surface area contributed by atoms with Gasteiger partial charge in [-0.15, -0.1) is 6.58 Å². The van der Waals surface area contributed by atoms with Crippen LogP contribution >= 0.6 is 0 Å². The third-order valence-corrected chi connectivity index (χ3v) is 1.46. The molecule has 0 rings (SSSR count). The summed E-state index contributed by atoms with van der Waals surface area (Å²) in [7, 11) is -4.44. The van der Waals surface area contributed by atoms with Crippen molar-refractivity contribution in [2.45, 2.75) is 0 Å². The molecular formula is C4H6NO4S. The fourth-order valence-electron chi connectivity index (χ4n) is 0.296. The summed E-state index contributed by atoms with van der Waals surface area (Å²) in [6, 6.07) is 0. The normalized spacial score (nSPS) is 10.5. The number of rotatable bonds is 4. The molecule has 0 aromatic rings. The van der Waals surface area contributed by atoms with E-state index >= 15 is 0 Å². The predicted octanol–water partition coefficient (Wildman–Crippen LogP) is -0.656. The van der Waals surface area contributed by atoms with Gasteiger partial charge in [-0.2, -0.15) is 8.42 Å². The summed E-state index contributed by atoms with van der Waals surface area (Å²) in [5, 5.41) is 0. The van der Waals surface area contributed by atoms with E-state index in [1.54, 1.807) is 0 Å². The van der Waals surface area contributed by atoms with Gasteiger partial charge in [-0.25, -0.2) is 4.31 Å². The molecule has 1 radical (unpaired) electrons. The van der Waals surface area contributed by atoms with E-state index in [0.717, 1.165) is 12.5 Å². The maximum absolute atomic E-state index is 10.1. The summed E-state index contributed by atoms with van der Waals surface area (Å²) in [4.78, 5) is 9.76. The largest absolute Gasteiger partial charge is 0.362 e. The Hall–Kier alpha value is -0.880. The molecule has 0 aliphatic rings. The number of carbonyl (C=O) groups excluding carboxylic acids is 1. The van der Waals surface area contributed by atoms with Crippen molar-refractivity contribution in [1.29, 1.82) is 0 Å². The highest BCUT2D eigenvalue weighted by Gasteiger charge is 2.14. The Balaban J connectivity index is 4.36. The molecule has 1 amide bonds. The third-order valence-electron chi connectivity index (χ3n) is 0.675. The Bertz CT molecular complexity index is 219. The summed E-state index contributed by atoms with van der Waals surface area (Å²) in [6.07, 6.45) is 2.17. The maximum atomic E-state index is 10.1. The second kappa shape index (κ2) is 3.33. The minimum absolute atomic E-state index is 0.0972. The zero-order valence-electron chi connectivity index (χ0n) is 5.02. The van der Waals surface area contributed by atoms with Crippen LogP contribution in [0, 0.1) is 0 Å². The second-order valence-corrected chi connectivity index (χ2v) is 2.73. The van der Waals surface area contributed by atoms with Crippen LogP contribution in [-0.2, 0) is 15.1 Å². The van der Waals surface area contributed by atoms with E-state index in [9.17, 15) is 13.2 Å². The predicted molar refractivity (Wildman–Crippen MR) is 34.1 cm³/mol. The van der Waals surface area contributed by atoms with E-state index in [-0.39, 0.29) is 10.8 Å². The van der Waals surface area contributed by atoms with Crippen LogP contribution in [0.5, 0.6) is 0 Å². The summed E-state index contributed by atoms with van der Waals surface area (Å²) in [5.74, 6) is 0. The molecule has 1 N–H and O–H groups in total. The van der Waals surface area contributed by atoms with E-state index in [2.05, 4.69) is 6.58 Å². The lowest BCUT2D eigenvalue weighted by Gasteiger charge is -2.07. The van der Waals surface area contributed by atoms with Crippen LogP contribution in [0.2, 0.25) is 0 Å². The van der Waals surface area contributed by atoms with Crippen molar-refractivity contribution in [2.75, 3.05) is 6.54 Å². The van der Waals surface area contributed by atoms with Gasteiger partial charge >= 0.3 is 16.7 Å². The summed E-state index contributed by atoms with van der Waals surface area (Å²) in [6.45, 7) is 2.89. The molecule has 0 bridgehead atoms. The standard InChI is InChI=1S/C4H6NO4S/c1-2-3-5(4-6)10(7,8)9/h2H,1,3H2,(H,7,8,9). The van der Waals surface area contributed by atoms with E-state index in [4.69, 9.17) is 4.55 Å². The van der Waals surface area contributed by atoms with Crippen LogP contribution < -0.4 is 0 Å². The zero-order valence-corrected chi connectivity index (χ0v) is 5.84. The molecular weight excluding hydrogens is 158 g/mol. The van der Waals surface area contributed by atoms with Crippen molar-refractivity contribution >= 4 is 16.7 Å². The monoisotopic (exact) mass is 164 g/mol. The molecule has 0 atom stereocenters. The lowest BCUT2D eigenvalue weighted by Crippen LogP contribution is -2.28. The van der Waals surface area contributed by atoms with Crippen molar-refractivity contribution in [3.63, 3.8) is 0 Å². The first kappa shape index (κ1) is 9.12. The Kier molecular flexibility index (Phi) is 3.04. The summed E-state index contributed by atoms with van der Waals surface area (Å²) in [5.41, 5.74) is 0. The molecule has 0 heterocycles. The minimum Gasteiger partial charge on any atom is -0.269 e. The van der Waals surface area contributed by atoms with Gasteiger partial charge in [-0.1, -0.05) is 6.08 Å². The van der Waals surface area contributed by atoms with Crippen molar-refractivity contribution < 1.29 is 17.8 Å². The highest BCUT2D eigenvalue weighted by Crippen LogP contribution is 1.91. The van der Waals surface area contributed by atoms with E-state index < -0.39 is 10.3 Å². The van der Waals surface area contributed by atoms with Gasteiger partial charge in [-0.05, 0) is 0 Å². The van der Waals surface area contributed by atoms with Gasteiger partial charge in [0.2, 0.25) is 0 Å². The van der Waals surface area contributed by atoms with Gasteiger partial charge in [0, 0.05) is 0 Å². The van der Waals surface area contributed by atoms with Crippen LogP contribution in [0.4, 0.5) is 0 Å². The molecule has 0 fully saturated rings. The van der Waals surface area contributed by atoms with Gasteiger partial charge in [0.05, 0.1) is 6.54 Å². The molecule has 0 spiro atoms. The third kappa shape index (κ3) is 2.60. The maximum Gasteiger partial charge on any atom is 0.362 e. The summed E-state index contributed by atoms with van der Waals surface area (Å²) >= 11 is 0. The van der Waals surface area contributed by atoms with Crippen LogP contribution in [-0.4, -0.2) is 30.2 Å². The van der Waals surface area contributed by atoms with Gasteiger partial charge in [0.15, 0.2) is 0 Å². The van der Waals surface area contributed by atoms with Gasteiger partial charge in [0.1, 0.15) is 0 Å². The molecule has 0 aliphatic heterocycles. The molecule has 0 saturated carbocycles. The number of hydrogen-bond acceptors (Lipinski definition) is 3. The quantitative estimate of drug-likeness (QED) is 0.340. The molecule has 0 aromatic heterocycles. The van der Waals surface area contributed by atoms with Crippen molar-refractivity contribution in [1.82, 2.24) is 4.31 Å². The lowest BCUT2D eigenvalue weighted by atomic mass is 10.6. The molecule has 57 valence electrons. The first-order chi connectivity index (χ1) is 4.52. The van der Waals surface area contributed by atoms with Crippen molar-refractivity contribution in [3.8, 4) is 0 Å². The molecule has 0 unspecified atom stereocenters. The Morgan fingerprint density at radius 2 is 2.20 bits per heavy atom. The van der Waals surface area contributed by atoms with Crippen LogP contribution in [0.3, 0.4) is 0 Å². The van der Waals surface area contributed by atoms with E-state index in [0.29, 0.717) is 0 Å². The van der Waals surface area contributed by atoms with E-state index in [1.807, 2.05) is 0 Å². The highest BCUT2D eigenvalue weighted by atomic mass is 32.2. The Morgan fingerprint density at radius 1 is 1.70 bits per heavy atom. The van der Waals surface area contributed by atoms with Crippen LogP contribution in [0.15, 0.2) is 12.7 Å². The first-order valence-electron chi connectivity index (χ1n) is 2.26. The first-order valence-corrected chi connectivity index (χ1v) is 3.66. The molecule has 0 saturated heterocycles. The van der Waals surface area contributed by atoms with E-state index in [1.165, 1.54) is 0 Å². The second-order valence-electron chi connectivity index (χ2n) is 1.39. The molecule has 10 heavy (non-hydrogen) atoms. The molecule has 0 aromatic carbocycles. The number of amides is 1. The van der Waals surface area contributed by atoms with Gasteiger partial charge in [-0.3, -0.25) is 9.35 Å². The van der Waals surface area contributed by atoms with Crippen LogP contribution in [0.1, 0.15) is 0 Å². The number of hydrogen-bond donors (Lipinski definition) is 1. The average molecular weight is 164 g/mol. The topological polar surface area (TPSA) is 74.7 Å². The van der Waals surface area contributed by atoms with Gasteiger partial charge in [0.25, 0.3) is 0 Å². The SMILES string of the molecule is C=CCN([C]=O)S(=O)(=O)O. The van der Waals surface area contributed by atoms with Crippen LogP contribution in [0.25, 0.3) is 0 Å². The molecule has 5 nitrogen and oxygen atoms in total. The summed E-state index contributed by atoms with van der Waals surface area (Å²) < 4.78 is 28.5.